The second kappa shape index (κ2) is 10.2. The fourth-order valence-electron chi connectivity index (χ4n) is 3.56. The van der Waals surface area contributed by atoms with Gasteiger partial charge in [-0.15, -0.1) is 0 Å². The monoisotopic (exact) mass is 497 g/mol. The number of alkyl halides is 3. The lowest BCUT2D eigenvalue weighted by Gasteiger charge is -2.13. The minimum absolute atomic E-state index is 0.0738. The average Bonchev–Trinajstić information content (AvgIpc) is 2.87. The largest absolute Gasteiger partial charge is 0.479 e. The third-order valence-electron chi connectivity index (χ3n) is 5.35. The van der Waals surface area contributed by atoms with E-state index in [1.807, 2.05) is 6.92 Å². The first-order chi connectivity index (χ1) is 17.2. The predicted octanol–water partition coefficient (Wildman–Crippen LogP) is 4.68. The standard InChI is InChI=1S/C25H22F3N5O3/c1-14-6-7-18(31-22(35)15-4-3-5-17(10-15)25(26,27)28)12-19(14)20-11-16-13-30-24(29-8-9-34)33-21(16)23(32-20)36-2/h3-7,10-13,34H,8-9H2,1-2H3,(H,31,35)(H,29,30,33). The first kappa shape index (κ1) is 24.9. The van der Waals surface area contributed by atoms with Crippen LogP contribution in [0.4, 0.5) is 24.8 Å². The molecule has 0 saturated heterocycles. The number of hydrogen-bond acceptors (Lipinski definition) is 7. The smallest absolute Gasteiger partial charge is 0.416 e. The van der Waals surface area contributed by atoms with Crippen molar-refractivity contribution in [1.29, 1.82) is 0 Å². The molecule has 2 aromatic carbocycles. The van der Waals surface area contributed by atoms with Crippen LogP contribution in [-0.4, -0.2) is 46.2 Å². The van der Waals surface area contributed by atoms with Crippen LogP contribution in [0.25, 0.3) is 22.2 Å². The van der Waals surface area contributed by atoms with Gasteiger partial charge in [0.2, 0.25) is 11.8 Å². The summed E-state index contributed by atoms with van der Waals surface area (Å²) >= 11 is 0. The highest BCUT2D eigenvalue weighted by molar-refractivity contribution is 6.04. The topological polar surface area (TPSA) is 109 Å². The van der Waals surface area contributed by atoms with Gasteiger partial charge in [-0.3, -0.25) is 4.79 Å². The van der Waals surface area contributed by atoms with Gasteiger partial charge in [-0.2, -0.15) is 13.2 Å². The van der Waals surface area contributed by atoms with E-state index in [-0.39, 0.29) is 24.6 Å². The summed E-state index contributed by atoms with van der Waals surface area (Å²) in [5.41, 5.74) is 1.92. The summed E-state index contributed by atoms with van der Waals surface area (Å²) in [6, 6.07) is 11.1. The fourth-order valence-corrected chi connectivity index (χ4v) is 3.56. The SMILES string of the molecule is COc1nc(-c2cc(NC(=O)c3cccc(C(F)(F)F)c3)ccc2C)cc2cnc(NCCO)nc12. The number of anilines is 2. The molecule has 2 heterocycles. The molecule has 0 bridgehead atoms. The first-order valence-electron chi connectivity index (χ1n) is 10.9. The summed E-state index contributed by atoms with van der Waals surface area (Å²) in [7, 11) is 1.47. The minimum Gasteiger partial charge on any atom is -0.479 e. The van der Waals surface area contributed by atoms with E-state index >= 15 is 0 Å². The van der Waals surface area contributed by atoms with E-state index in [9.17, 15) is 18.0 Å². The molecule has 36 heavy (non-hydrogen) atoms. The van der Waals surface area contributed by atoms with Crippen LogP contribution in [0.2, 0.25) is 0 Å². The van der Waals surface area contributed by atoms with Crippen LogP contribution >= 0.6 is 0 Å². The number of rotatable bonds is 7. The average molecular weight is 497 g/mol. The van der Waals surface area contributed by atoms with Crippen molar-refractivity contribution in [3.05, 3.63) is 71.4 Å². The molecule has 2 aromatic heterocycles. The third kappa shape index (κ3) is 5.36. The summed E-state index contributed by atoms with van der Waals surface area (Å²) in [6.07, 6.45) is -2.95. The Bertz CT molecular complexity index is 1430. The molecule has 0 saturated carbocycles. The summed E-state index contributed by atoms with van der Waals surface area (Å²) in [4.78, 5) is 25.9. The van der Waals surface area contributed by atoms with Crippen LogP contribution in [-0.2, 0) is 6.18 Å². The number of fused-ring (bicyclic) bond motifs is 1. The van der Waals surface area contributed by atoms with Gasteiger partial charge in [0.25, 0.3) is 5.91 Å². The first-order valence-corrected chi connectivity index (χ1v) is 10.9. The normalized spacial score (nSPS) is 11.4. The molecule has 3 N–H and O–H groups in total. The van der Waals surface area contributed by atoms with Crippen LogP contribution in [0.15, 0.2) is 54.7 Å². The van der Waals surface area contributed by atoms with Gasteiger partial charge in [0, 0.05) is 34.9 Å². The number of hydrogen-bond donors (Lipinski definition) is 3. The van der Waals surface area contributed by atoms with Crippen LogP contribution in [0.5, 0.6) is 5.88 Å². The molecule has 0 aliphatic rings. The highest BCUT2D eigenvalue weighted by Crippen LogP contribution is 2.32. The van der Waals surface area contributed by atoms with E-state index in [4.69, 9.17) is 9.84 Å². The molecule has 0 fully saturated rings. The van der Waals surface area contributed by atoms with Crippen molar-refractivity contribution in [1.82, 2.24) is 15.0 Å². The van der Waals surface area contributed by atoms with Crippen LogP contribution < -0.4 is 15.4 Å². The zero-order valence-electron chi connectivity index (χ0n) is 19.3. The molecule has 0 aliphatic heterocycles. The van der Waals surface area contributed by atoms with E-state index in [2.05, 4.69) is 25.6 Å². The lowest BCUT2D eigenvalue weighted by molar-refractivity contribution is -0.137. The number of aliphatic hydroxyl groups is 1. The maximum absolute atomic E-state index is 13.0. The second-order valence-corrected chi connectivity index (χ2v) is 7.86. The van der Waals surface area contributed by atoms with Gasteiger partial charge in [0.15, 0.2) is 0 Å². The molecule has 186 valence electrons. The molecule has 11 heteroatoms. The van der Waals surface area contributed by atoms with Crippen LogP contribution in [0.3, 0.4) is 0 Å². The van der Waals surface area contributed by atoms with E-state index in [1.165, 1.54) is 19.2 Å². The van der Waals surface area contributed by atoms with Gasteiger partial charge in [-0.05, 0) is 48.9 Å². The third-order valence-corrected chi connectivity index (χ3v) is 5.35. The number of amides is 1. The molecule has 0 spiro atoms. The maximum Gasteiger partial charge on any atom is 0.416 e. The van der Waals surface area contributed by atoms with Crippen molar-refractivity contribution in [2.75, 3.05) is 30.9 Å². The Morgan fingerprint density at radius 3 is 2.64 bits per heavy atom. The number of halogens is 3. The molecular weight excluding hydrogens is 475 g/mol. The Morgan fingerprint density at radius 2 is 1.92 bits per heavy atom. The molecule has 4 aromatic rings. The predicted molar refractivity (Wildman–Crippen MR) is 129 cm³/mol. The second-order valence-electron chi connectivity index (χ2n) is 7.86. The zero-order valence-corrected chi connectivity index (χ0v) is 19.3. The number of aryl methyl sites for hydroxylation is 1. The lowest BCUT2D eigenvalue weighted by Crippen LogP contribution is -2.14. The van der Waals surface area contributed by atoms with Crippen molar-refractivity contribution in [2.24, 2.45) is 0 Å². The Hall–Kier alpha value is -4.25. The zero-order chi connectivity index (χ0) is 25.9. The van der Waals surface area contributed by atoms with Gasteiger partial charge in [0.1, 0.15) is 5.52 Å². The Kier molecular flexibility index (Phi) is 7.02. The van der Waals surface area contributed by atoms with Crippen molar-refractivity contribution >= 4 is 28.4 Å². The Balaban J connectivity index is 1.66. The summed E-state index contributed by atoms with van der Waals surface area (Å²) in [6.45, 7) is 2.08. The van der Waals surface area contributed by atoms with Crippen molar-refractivity contribution in [2.45, 2.75) is 13.1 Å². The highest BCUT2D eigenvalue weighted by atomic mass is 19.4. The molecular formula is C25H22F3N5O3. The van der Waals surface area contributed by atoms with Gasteiger partial charge >= 0.3 is 6.18 Å². The summed E-state index contributed by atoms with van der Waals surface area (Å²) < 4.78 is 44.5. The summed E-state index contributed by atoms with van der Waals surface area (Å²) in [5.74, 6) is -0.0918. The van der Waals surface area contributed by atoms with Crippen LogP contribution in [0.1, 0.15) is 21.5 Å². The van der Waals surface area contributed by atoms with Crippen LogP contribution in [0, 0.1) is 6.92 Å². The van der Waals surface area contributed by atoms with Gasteiger partial charge < -0.3 is 20.5 Å². The van der Waals surface area contributed by atoms with E-state index < -0.39 is 17.6 Å². The Labute approximate surface area is 204 Å². The lowest BCUT2D eigenvalue weighted by atomic mass is 10.0. The summed E-state index contributed by atoms with van der Waals surface area (Å²) in [5, 5.41) is 15.2. The minimum atomic E-state index is -4.55. The molecule has 0 atom stereocenters. The van der Waals surface area contributed by atoms with Crippen molar-refractivity contribution < 1.29 is 27.8 Å². The van der Waals surface area contributed by atoms with Crippen molar-refractivity contribution in [3.63, 3.8) is 0 Å². The van der Waals surface area contributed by atoms with E-state index in [0.717, 1.165) is 17.7 Å². The molecule has 8 nitrogen and oxygen atoms in total. The Morgan fingerprint density at radius 1 is 1.11 bits per heavy atom. The molecule has 0 radical (unpaired) electrons. The van der Waals surface area contributed by atoms with Gasteiger partial charge in [0.05, 0.1) is 25.0 Å². The number of nitrogens with zero attached hydrogens (tertiary/aromatic N) is 3. The molecule has 0 unspecified atom stereocenters. The number of methoxy groups -OCH3 is 1. The number of pyridine rings is 1. The highest BCUT2D eigenvalue weighted by Gasteiger charge is 2.31. The number of aromatic nitrogens is 3. The molecule has 0 aliphatic carbocycles. The molecule has 4 rings (SSSR count). The number of ether oxygens (including phenoxy) is 1. The van der Waals surface area contributed by atoms with Gasteiger partial charge in [-0.1, -0.05) is 12.1 Å². The number of aliphatic hydroxyl groups excluding tert-OH is 1. The van der Waals surface area contributed by atoms with Gasteiger partial charge in [-0.25, -0.2) is 15.0 Å². The number of benzene rings is 2. The maximum atomic E-state index is 13.0. The van der Waals surface area contributed by atoms with E-state index in [1.54, 1.807) is 30.5 Å². The molecule has 1 amide bonds. The number of carbonyl (C=O) groups is 1. The quantitative estimate of drug-likeness (QED) is 0.340. The number of carbonyl (C=O) groups excluding carboxylic acids is 1. The van der Waals surface area contributed by atoms with E-state index in [0.29, 0.717) is 33.8 Å². The van der Waals surface area contributed by atoms with Crippen molar-refractivity contribution in [3.8, 4) is 17.1 Å². The fraction of sp³-hybridized carbons (Fsp3) is 0.200. The number of nitrogens with one attached hydrogen (secondary N) is 2.